The van der Waals surface area contributed by atoms with Crippen LogP contribution in [0.4, 0.5) is 0 Å². The maximum absolute atomic E-state index is 9.11. The van der Waals surface area contributed by atoms with Gasteiger partial charge in [-0.2, -0.15) is 0 Å². The number of piperidine rings is 1. The highest BCUT2D eigenvalue weighted by Crippen LogP contribution is 2.24. The van der Waals surface area contributed by atoms with Crippen LogP contribution in [-0.4, -0.2) is 49.3 Å². The summed E-state index contributed by atoms with van der Waals surface area (Å²) in [7, 11) is 1.92. The minimum Gasteiger partial charge on any atom is -0.395 e. The van der Waals surface area contributed by atoms with E-state index in [9.17, 15) is 0 Å². The Kier molecular flexibility index (Phi) is 5.58. The monoisotopic (exact) mass is 214 g/mol. The molecule has 0 amide bonds. The average molecular weight is 214 g/mol. The molecular formula is C12H26N2O. The minimum absolute atomic E-state index is 0.237. The van der Waals surface area contributed by atoms with Crippen molar-refractivity contribution in [1.82, 2.24) is 10.2 Å². The number of nitrogens with zero attached hydrogens (tertiary/aromatic N) is 1. The number of rotatable bonds is 5. The van der Waals surface area contributed by atoms with Crippen LogP contribution in [0.15, 0.2) is 0 Å². The first kappa shape index (κ1) is 12.9. The zero-order valence-electron chi connectivity index (χ0n) is 10.4. The predicted molar refractivity (Wildman–Crippen MR) is 63.9 cm³/mol. The molecule has 1 heterocycles. The van der Waals surface area contributed by atoms with Gasteiger partial charge in [-0.1, -0.05) is 13.8 Å². The number of likely N-dealkylation sites (tertiary alicyclic amines) is 1. The normalized spacial score (nSPS) is 22.2. The Morgan fingerprint density at radius 3 is 2.33 bits per heavy atom. The predicted octanol–water partition coefficient (Wildman–Crippen LogP) is 0.935. The van der Waals surface area contributed by atoms with E-state index in [1.54, 1.807) is 0 Å². The van der Waals surface area contributed by atoms with Crippen molar-refractivity contribution in [2.75, 3.05) is 33.3 Å². The van der Waals surface area contributed by atoms with Crippen LogP contribution < -0.4 is 5.32 Å². The van der Waals surface area contributed by atoms with Crippen molar-refractivity contribution in [3.05, 3.63) is 0 Å². The standard InChI is InChI=1S/C12H26N2O/c1-10(2)11-4-6-14(7-5-11)8-12(9-15)13-3/h10-13,15H,4-9H2,1-3H3. The van der Waals surface area contributed by atoms with Gasteiger partial charge < -0.3 is 15.3 Å². The van der Waals surface area contributed by atoms with E-state index in [2.05, 4.69) is 24.1 Å². The Balaban J connectivity index is 2.25. The van der Waals surface area contributed by atoms with Crippen molar-refractivity contribution in [2.24, 2.45) is 11.8 Å². The second kappa shape index (κ2) is 6.46. The van der Waals surface area contributed by atoms with Gasteiger partial charge in [-0.25, -0.2) is 0 Å². The zero-order chi connectivity index (χ0) is 11.3. The molecular weight excluding hydrogens is 188 g/mol. The Bertz CT molecular complexity index is 161. The molecule has 0 saturated carbocycles. The molecule has 0 aromatic carbocycles. The Morgan fingerprint density at radius 2 is 1.93 bits per heavy atom. The molecule has 1 atom stereocenters. The Hall–Kier alpha value is -0.120. The van der Waals surface area contributed by atoms with Gasteiger partial charge in [0.2, 0.25) is 0 Å². The smallest absolute Gasteiger partial charge is 0.0597 e. The van der Waals surface area contributed by atoms with Crippen molar-refractivity contribution in [2.45, 2.75) is 32.7 Å². The minimum atomic E-state index is 0.237. The number of nitrogens with one attached hydrogen (secondary N) is 1. The summed E-state index contributed by atoms with van der Waals surface area (Å²) in [4.78, 5) is 2.47. The van der Waals surface area contributed by atoms with Gasteiger partial charge >= 0.3 is 0 Å². The molecule has 3 nitrogen and oxygen atoms in total. The van der Waals surface area contributed by atoms with Crippen LogP contribution >= 0.6 is 0 Å². The summed E-state index contributed by atoms with van der Waals surface area (Å²) in [5, 5.41) is 12.2. The molecule has 2 N–H and O–H groups in total. The van der Waals surface area contributed by atoms with E-state index in [-0.39, 0.29) is 12.6 Å². The summed E-state index contributed by atoms with van der Waals surface area (Å²) in [5.41, 5.74) is 0. The summed E-state index contributed by atoms with van der Waals surface area (Å²) < 4.78 is 0. The highest BCUT2D eigenvalue weighted by molar-refractivity contribution is 4.77. The van der Waals surface area contributed by atoms with Gasteiger partial charge in [-0.15, -0.1) is 0 Å². The maximum Gasteiger partial charge on any atom is 0.0597 e. The Labute approximate surface area is 93.9 Å². The SMILES string of the molecule is CNC(CO)CN1CCC(C(C)C)CC1. The van der Waals surface area contributed by atoms with Gasteiger partial charge in [0, 0.05) is 12.6 Å². The van der Waals surface area contributed by atoms with E-state index >= 15 is 0 Å². The maximum atomic E-state index is 9.11. The number of hydrogen-bond donors (Lipinski definition) is 2. The van der Waals surface area contributed by atoms with Crippen LogP contribution in [0.3, 0.4) is 0 Å². The zero-order valence-corrected chi connectivity index (χ0v) is 10.4. The lowest BCUT2D eigenvalue weighted by Crippen LogP contribution is -2.45. The van der Waals surface area contributed by atoms with Crippen LogP contribution in [0.2, 0.25) is 0 Å². The molecule has 0 bridgehead atoms. The van der Waals surface area contributed by atoms with Crippen LogP contribution in [0.5, 0.6) is 0 Å². The highest BCUT2D eigenvalue weighted by atomic mass is 16.3. The van der Waals surface area contributed by atoms with Gasteiger partial charge in [0.25, 0.3) is 0 Å². The molecule has 1 saturated heterocycles. The lowest BCUT2D eigenvalue weighted by atomic mass is 9.86. The Morgan fingerprint density at radius 1 is 1.33 bits per heavy atom. The summed E-state index contributed by atoms with van der Waals surface area (Å²) in [6, 6.07) is 0.237. The van der Waals surface area contributed by atoms with E-state index in [0.717, 1.165) is 18.4 Å². The van der Waals surface area contributed by atoms with Crippen LogP contribution in [0.1, 0.15) is 26.7 Å². The molecule has 1 unspecified atom stereocenters. The molecule has 90 valence electrons. The quantitative estimate of drug-likeness (QED) is 0.715. The van der Waals surface area contributed by atoms with E-state index in [0.29, 0.717) is 0 Å². The summed E-state index contributed by atoms with van der Waals surface area (Å²) >= 11 is 0. The van der Waals surface area contributed by atoms with Crippen LogP contribution in [0.25, 0.3) is 0 Å². The fourth-order valence-corrected chi connectivity index (χ4v) is 2.35. The topological polar surface area (TPSA) is 35.5 Å². The van der Waals surface area contributed by atoms with E-state index in [1.807, 2.05) is 7.05 Å². The first-order valence-corrected chi connectivity index (χ1v) is 6.17. The highest BCUT2D eigenvalue weighted by Gasteiger charge is 2.22. The molecule has 1 rings (SSSR count). The number of likely N-dealkylation sites (N-methyl/N-ethyl adjacent to an activating group) is 1. The average Bonchev–Trinajstić information content (AvgIpc) is 2.26. The van der Waals surface area contributed by atoms with Gasteiger partial charge in [0.05, 0.1) is 6.61 Å². The van der Waals surface area contributed by atoms with Gasteiger partial charge in [-0.3, -0.25) is 0 Å². The summed E-state index contributed by atoms with van der Waals surface area (Å²) in [5.74, 6) is 1.73. The third kappa shape index (κ3) is 4.09. The summed E-state index contributed by atoms with van der Waals surface area (Å²) in [6.07, 6.45) is 2.64. The van der Waals surface area contributed by atoms with Crippen LogP contribution in [0, 0.1) is 11.8 Å². The van der Waals surface area contributed by atoms with Crippen molar-refractivity contribution in [3.8, 4) is 0 Å². The molecule has 0 spiro atoms. The van der Waals surface area contributed by atoms with Crippen molar-refractivity contribution in [1.29, 1.82) is 0 Å². The number of aliphatic hydroxyl groups is 1. The number of aliphatic hydroxyl groups excluding tert-OH is 1. The van der Waals surface area contributed by atoms with Crippen molar-refractivity contribution in [3.63, 3.8) is 0 Å². The van der Waals surface area contributed by atoms with Crippen LogP contribution in [-0.2, 0) is 0 Å². The molecule has 0 aromatic rings. The fourth-order valence-electron chi connectivity index (χ4n) is 2.35. The van der Waals surface area contributed by atoms with Gasteiger partial charge in [0.15, 0.2) is 0 Å². The first-order chi connectivity index (χ1) is 7.17. The largest absolute Gasteiger partial charge is 0.395 e. The molecule has 3 heteroatoms. The third-order valence-electron chi connectivity index (χ3n) is 3.68. The van der Waals surface area contributed by atoms with Gasteiger partial charge in [0.1, 0.15) is 0 Å². The summed E-state index contributed by atoms with van der Waals surface area (Å²) in [6.45, 7) is 8.26. The molecule has 0 aromatic heterocycles. The number of hydrogen-bond acceptors (Lipinski definition) is 3. The van der Waals surface area contributed by atoms with E-state index < -0.39 is 0 Å². The lowest BCUT2D eigenvalue weighted by molar-refractivity contribution is 0.129. The molecule has 0 radical (unpaired) electrons. The first-order valence-electron chi connectivity index (χ1n) is 6.17. The lowest BCUT2D eigenvalue weighted by Gasteiger charge is -2.35. The fraction of sp³-hybridized carbons (Fsp3) is 1.00. The van der Waals surface area contributed by atoms with E-state index in [1.165, 1.54) is 25.9 Å². The van der Waals surface area contributed by atoms with Crippen molar-refractivity contribution < 1.29 is 5.11 Å². The molecule has 1 aliphatic rings. The van der Waals surface area contributed by atoms with Gasteiger partial charge in [-0.05, 0) is 44.8 Å². The molecule has 0 aliphatic carbocycles. The molecule has 1 fully saturated rings. The molecule has 15 heavy (non-hydrogen) atoms. The van der Waals surface area contributed by atoms with E-state index in [4.69, 9.17) is 5.11 Å². The molecule has 1 aliphatic heterocycles. The van der Waals surface area contributed by atoms with Crippen molar-refractivity contribution >= 4 is 0 Å². The second-order valence-electron chi connectivity index (χ2n) is 5.05. The third-order valence-corrected chi connectivity index (χ3v) is 3.68. The second-order valence-corrected chi connectivity index (χ2v) is 5.05.